The number of nitrogens with zero attached hydrogens (tertiary/aromatic N) is 1. The number of hydrogen-bond acceptors (Lipinski definition) is 4. The molecule has 0 spiro atoms. The van der Waals surface area contributed by atoms with Crippen LogP contribution in [0, 0.1) is 5.82 Å². The Kier molecular flexibility index (Phi) is 6.65. The summed E-state index contributed by atoms with van der Waals surface area (Å²) in [5, 5.41) is 0. The average Bonchev–Trinajstić information content (AvgIpc) is 3.62. The first-order chi connectivity index (χ1) is 18.7. The van der Waals surface area contributed by atoms with Gasteiger partial charge in [0.1, 0.15) is 5.82 Å². The number of H-pyrrole nitrogens is 1. The fourth-order valence-corrected chi connectivity index (χ4v) is 6.39. The number of halogens is 4. The maximum absolute atomic E-state index is 15.0. The molecule has 1 aromatic heterocycles. The fraction of sp³-hybridized carbons (Fsp3) is 0.433. The lowest BCUT2D eigenvalue weighted by Gasteiger charge is -2.40. The van der Waals surface area contributed by atoms with E-state index < -0.39 is 23.5 Å². The summed E-state index contributed by atoms with van der Waals surface area (Å²) in [6.45, 7) is 0.225. The van der Waals surface area contributed by atoms with Crippen molar-refractivity contribution in [2.45, 2.75) is 75.4 Å². The summed E-state index contributed by atoms with van der Waals surface area (Å²) in [6.07, 6.45) is 2.39. The molecule has 0 amide bonds. The Hall–Kier alpha value is -3.33. The van der Waals surface area contributed by atoms with Crippen LogP contribution in [0.5, 0.6) is 0 Å². The van der Waals surface area contributed by atoms with Crippen LogP contribution in [0.2, 0.25) is 0 Å². The molecule has 3 aliphatic rings. The number of nitrogens with one attached hydrogen (secondary N) is 1. The number of rotatable bonds is 7. The van der Waals surface area contributed by atoms with Crippen molar-refractivity contribution in [1.82, 2.24) is 4.98 Å². The highest BCUT2D eigenvalue weighted by atomic mass is 19.4. The van der Waals surface area contributed by atoms with Gasteiger partial charge in [-0.25, -0.2) is 9.18 Å². The summed E-state index contributed by atoms with van der Waals surface area (Å²) in [5.41, 5.74) is 2.46. The number of esters is 1. The third-order valence-corrected chi connectivity index (χ3v) is 8.33. The topological polar surface area (TPSA) is 54.6 Å². The lowest BCUT2D eigenvalue weighted by Crippen LogP contribution is -2.46. The Morgan fingerprint density at radius 3 is 2.38 bits per heavy atom. The minimum atomic E-state index is -4.46. The number of carbonyl (C=O) groups is 1. The number of benzene rings is 2. The number of anilines is 1. The van der Waals surface area contributed by atoms with Gasteiger partial charge in [-0.1, -0.05) is 18.2 Å². The first kappa shape index (κ1) is 25.9. The predicted octanol–water partition coefficient (Wildman–Crippen LogP) is 7.22. The van der Waals surface area contributed by atoms with E-state index in [0.717, 1.165) is 43.0 Å². The molecule has 3 fully saturated rings. The number of fused-ring (bicyclic) bond motifs is 2. The molecule has 2 bridgehead atoms. The van der Waals surface area contributed by atoms with Crippen molar-refractivity contribution in [2.24, 2.45) is 0 Å². The van der Waals surface area contributed by atoms with Gasteiger partial charge in [0, 0.05) is 35.1 Å². The number of aromatic nitrogens is 1. The normalized spacial score (nSPS) is 22.8. The minimum Gasteiger partial charge on any atom is -0.465 e. The van der Waals surface area contributed by atoms with E-state index >= 15 is 4.39 Å². The Morgan fingerprint density at radius 1 is 1.03 bits per heavy atom. The molecule has 5 nitrogen and oxygen atoms in total. The van der Waals surface area contributed by atoms with Gasteiger partial charge < -0.3 is 19.4 Å². The highest BCUT2D eigenvalue weighted by Crippen LogP contribution is 2.46. The molecule has 2 aliphatic heterocycles. The number of carbonyl (C=O) groups excluding carboxylic acids is 1. The average molecular weight is 543 g/mol. The molecule has 1 saturated carbocycles. The Labute approximate surface area is 224 Å². The highest BCUT2D eigenvalue weighted by Gasteiger charge is 2.43. The molecule has 2 aromatic carbocycles. The number of hydrogen-bond donors (Lipinski definition) is 1. The van der Waals surface area contributed by atoms with Gasteiger partial charge in [0.25, 0.3) is 0 Å². The summed E-state index contributed by atoms with van der Waals surface area (Å²) >= 11 is 0. The van der Waals surface area contributed by atoms with Crippen LogP contribution < -0.4 is 4.90 Å². The van der Waals surface area contributed by atoms with Crippen LogP contribution in [0.1, 0.15) is 71.6 Å². The van der Waals surface area contributed by atoms with Gasteiger partial charge in [-0.05, 0) is 74.3 Å². The first-order valence-electron chi connectivity index (χ1n) is 13.4. The molecular weight excluding hydrogens is 512 g/mol. The molecule has 1 N–H and O–H groups in total. The Morgan fingerprint density at radius 2 is 1.74 bits per heavy atom. The van der Waals surface area contributed by atoms with E-state index in [1.807, 2.05) is 0 Å². The third kappa shape index (κ3) is 4.93. The maximum atomic E-state index is 15.0. The monoisotopic (exact) mass is 542 g/mol. The largest absolute Gasteiger partial charge is 0.465 e. The molecule has 2 saturated heterocycles. The number of alkyl halides is 3. The summed E-state index contributed by atoms with van der Waals surface area (Å²) in [7, 11) is 1.26. The Balaban J connectivity index is 1.20. The minimum absolute atomic E-state index is 0.0798. The van der Waals surface area contributed by atoms with Crippen molar-refractivity contribution < 1.29 is 31.8 Å². The zero-order valence-electron chi connectivity index (χ0n) is 21.6. The van der Waals surface area contributed by atoms with Crippen molar-refractivity contribution in [2.75, 3.05) is 12.0 Å². The zero-order valence-corrected chi connectivity index (χ0v) is 21.6. The predicted molar refractivity (Wildman–Crippen MR) is 138 cm³/mol. The summed E-state index contributed by atoms with van der Waals surface area (Å²) in [4.78, 5) is 17.1. The van der Waals surface area contributed by atoms with E-state index in [-0.39, 0.29) is 35.9 Å². The molecule has 39 heavy (non-hydrogen) atoms. The molecule has 2 unspecified atom stereocenters. The van der Waals surface area contributed by atoms with Gasteiger partial charge in [-0.3, -0.25) is 0 Å². The molecule has 206 valence electrons. The van der Waals surface area contributed by atoms with Crippen molar-refractivity contribution in [1.29, 1.82) is 0 Å². The van der Waals surface area contributed by atoms with Gasteiger partial charge in [-0.2, -0.15) is 13.2 Å². The second kappa shape index (κ2) is 10.0. The SMILES string of the molecule is COC(=O)c1ccc(N2C3CCC2CC(OCc2c(-c4ccccc4C(F)(F)F)c[nH]c2C2CC2)C3)c(F)c1. The van der Waals surface area contributed by atoms with Crippen LogP contribution in [0.3, 0.4) is 0 Å². The van der Waals surface area contributed by atoms with Crippen molar-refractivity contribution in [3.05, 3.63) is 76.9 Å². The van der Waals surface area contributed by atoms with E-state index in [1.165, 1.54) is 25.3 Å². The van der Waals surface area contributed by atoms with Gasteiger partial charge in [0.15, 0.2) is 0 Å². The van der Waals surface area contributed by atoms with Gasteiger partial charge in [-0.15, -0.1) is 0 Å². The number of ether oxygens (including phenoxy) is 2. The second-order valence-corrected chi connectivity index (χ2v) is 10.8. The quantitative estimate of drug-likeness (QED) is 0.253. The molecule has 2 atom stereocenters. The van der Waals surface area contributed by atoms with Crippen LogP contribution in [0.25, 0.3) is 11.1 Å². The van der Waals surface area contributed by atoms with Gasteiger partial charge >= 0.3 is 12.1 Å². The fourth-order valence-electron chi connectivity index (χ4n) is 6.39. The smallest absolute Gasteiger partial charge is 0.417 e. The molecule has 1 aliphatic carbocycles. The van der Waals surface area contributed by atoms with Crippen LogP contribution >= 0.6 is 0 Å². The first-order valence-corrected chi connectivity index (χ1v) is 13.4. The summed E-state index contributed by atoms with van der Waals surface area (Å²) in [6, 6.07) is 10.3. The van der Waals surface area contributed by atoms with E-state index in [2.05, 4.69) is 9.88 Å². The molecule has 0 radical (unpaired) electrons. The van der Waals surface area contributed by atoms with Crippen LogP contribution in [-0.2, 0) is 22.3 Å². The molecule has 6 rings (SSSR count). The second-order valence-electron chi connectivity index (χ2n) is 10.8. The maximum Gasteiger partial charge on any atom is 0.417 e. The summed E-state index contributed by atoms with van der Waals surface area (Å²) in [5.74, 6) is -0.712. The van der Waals surface area contributed by atoms with Crippen molar-refractivity contribution in [3.63, 3.8) is 0 Å². The standard InChI is InChI=1S/C30H30F4N2O3/c1-38-29(37)18-8-11-27(26(31)12-18)36-19-9-10-20(36)14-21(13-19)39-16-24-23(15-35-28(24)17-6-7-17)22-4-2-3-5-25(22)30(32,33)34/h2-5,8,11-12,15,17,19-21,35H,6-7,9-10,13-14,16H2,1H3. The summed E-state index contributed by atoms with van der Waals surface area (Å²) < 4.78 is 67.5. The zero-order chi connectivity index (χ0) is 27.3. The molecule has 9 heteroatoms. The van der Waals surface area contributed by atoms with Crippen LogP contribution in [0.4, 0.5) is 23.2 Å². The third-order valence-electron chi connectivity index (χ3n) is 8.33. The lowest BCUT2D eigenvalue weighted by atomic mass is 9.96. The van der Waals surface area contributed by atoms with Crippen molar-refractivity contribution in [3.8, 4) is 11.1 Å². The lowest BCUT2D eigenvalue weighted by molar-refractivity contribution is -0.137. The van der Waals surface area contributed by atoms with Gasteiger partial charge in [0.05, 0.1) is 36.6 Å². The van der Waals surface area contributed by atoms with E-state index in [4.69, 9.17) is 9.47 Å². The van der Waals surface area contributed by atoms with Gasteiger partial charge in [0.2, 0.25) is 0 Å². The van der Waals surface area contributed by atoms with E-state index in [1.54, 1.807) is 24.4 Å². The van der Waals surface area contributed by atoms with E-state index in [9.17, 15) is 18.0 Å². The number of piperidine rings is 1. The molecule has 3 heterocycles. The number of methoxy groups -OCH3 is 1. The van der Waals surface area contributed by atoms with E-state index in [0.29, 0.717) is 30.0 Å². The molecular formula is C30H30F4N2O3. The highest BCUT2D eigenvalue weighted by molar-refractivity contribution is 5.89. The van der Waals surface area contributed by atoms with Crippen LogP contribution in [0.15, 0.2) is 48.7 Å². The van der Waals surface area contributed by atoms with Crippen LogP contribution in [-0.4, -0.2) is 36.3 Å². The number of aromatic amines is 1. The molecule has 3 aromatic rings. The Bertz CT molecular complexity index is 1370. The van der Waals surface area contributed by atoms with Crippen molar-refractivity contribution >= 4 is 11.7 Å².